The third kappa shape index (κ3) is 2.29. The normalized spacial score (nSPS) is 13.4. The molecule has 0 spiro atoms. The molecule has 0 unspecified atom stereocenters. The highest BCUT2D eigenvalue weighted by Gasteiger charge is 2.24. The lowest BCUT2D eigenvalue weighted by Crippen LogP contribution is -2.14. The zero-order valence-corrected chi connectivity index (χ0v) is 12.4. The molecule has 104 valence electrons. The molecular weight excluding hydrogens is 272 g/mol. The number of aryl methyl sites for hydroxylation is 1. The van der Waals surface area contributed by atoms with Crippen LogP contribution >= 0.6 is 11.3 Å². The first-order valence-corrected chi connectivity index (χ1v) is 7.47. The van der Waals surface area contributed by atoms with Crippen LogP contribution in [-0.2, 0) is 17.8 Å². The maximum Gasteiger partial charge on any atom is 0.358 e. The van der Waals surface area contributed by atoms with Gasteiger partial charge in [-0.25, -0.2) is 9.78 Å². The molecule has 3 rings (SSSR count). The van der Waals surface area contributed by atoms with Gasteiger partial charge < -0.3 is 9.64 Å². The second-order valence-electron chi connectivity index (χ2n) is 4.75. The van der Waals surface area contributed by atoms with E-state index in [4.69, 9.17) is 4.74 Å². The summed E-state index contributed by atoms with van der Waals surface area (Å²) in [4.78, 5) is 19.4. The van der Waals surface area contributed by atoms with Crippen molar-refractivity contribution in [3.05, 3.63) is 46.0 Å². The molecule has 0 radical (unpaired) electrons. The Morgan fingerprint density at radius 3 is 2.60 bits per heavy atom. The molecule has 0 aliphatic carbocycles. The molecule has 0 amide bonds. The molecule has 0 bridgehead atoms. The predicted molar refractivity (Wildman–Crippen MR) is 79.1 cm³/mol. The number of anilines is 1. The molecule has 1 aromatic carbocycles. The van der Waals surface area contributed by atoms with E-state index >= 15 is 0 Å². The maximum atomic E-state index is 11.8. The smallest absolute Gasteiger partial charge is 0.358 e. The molecule has 0 N–H and O–H groups in total. The summed E-state index contributed by atoms with van der Waals surface area (Å²) in [7, 11) is 0. The van der Waals surface area contributed by atoms with Gasteiger partial charge >= 0.3 is 5.97 Å². The first kappa shape index (κ1) is 13.1. The van der Waals surface area contributed by atoms with Gasteiger partial charge in [0.1, 0.15) is 0 Å². The van der Waals surface area contributed by atoms with E-state index in [0.717, 1.165) is 23.1 Å². The van der Waals surface area contributed by atoms with Crippen molar-refractivity contribution in [2.45, 2.75) is 26.9 Å². The third-order valence-corrected chi connectivity index (χ3v) is 4.40. The predicted octanol–water partition coefficient (Wildman–Crippen LogP) is 3.15. The molecule has 1 aliphatic heterocycles. The van der Waals surface area contributed by atoms with Gasteiger partial charge in [-0.2, -0.15) is 0 Å². The van der Waals surface area contributed by atoms with Gasteiger partial charge in [-0.1, -0.05) is 24.3 Å². The molecular formula is C15H16N2O2S. The van der Waals surface area contributed by atoms with Crippen molar-refractivity contribution in [1.29, 1.82) is 0 Å². The fourth-order valence-electron chi connectivity index (χ4n) is 2.37. The molecule has 1 aromatic heterocycles. The van der Waals surface area contributed by atoms with E-state index in [9.17, 15) is 4.79 Å². The largest absolute Gasteiger partial charge is 0.461 e. The number of rotatable bonds is 3. The van der Waals surface area contributed by atoms with E-state index in [0.29, 0.717) is 12.3 Å². The van der Waals surface area contributed by atoms with Crippen molar-refractivity contribution in [2.24, 2.45) is 0 Å². The Labute approximate surface area is 122 Å². The van der Waals surface area contributed by atoms with Gasteiger partial charge in [-0.3, -0.25) is 0 Å². The number of carbonyl (C=O) groups is 1. The van der Waals surface area contributed by atoms with Crippen LogP contribution in [0.5, 0.6) is 0 Å². The number of fused-ring (bicyclic) bond motifs is 1. The van der Waals surface area contributed by atoms with Crippen molar-refractivity contribution in [3.63, 3.8) is 0 Å². The lowest BCUT2D eigenvalue weighted by molar-refractivity contribution is 0.0519. The minimum Gasteiger partial charge on any atom is -0.461 e. The summed E-state index contributed by atoms with van der Waals surface area (Å²) in [6, 6.07) is 8.39. The Morgan fingerprint density at radius 2 is 2.00 bits per heavy atom. The lowest BCUT2D eigenvalue weighted by Gasteiger charge is -2.12. The highest BCUT2D eigenvalue weighted by molar-refractivity contribution is 7.15. The van der Waals surface area contributed by atoms with Crippen LogP contribution in [0.4, 0.5) is 5.13 Å². The Morgan fingerprint density at radius 1 is 1.35 bits per heavy atom. The molecule has 4 nitrogen and oxygen atoms in total. The van der Waals surface area contributed by atoms with Crippen LogP contribution in [0.15, 0.2) is 24.3 Å². The maximum absolute atomic E-state index is 11.8. The number of carbonyl (C=O) groups excluding carboxylic acids is 1. The summed E-state index contributed by atoms with van der Waals surface area (Å²) >= 11 is 1.55. The van der Waals surface area contributed by atoms with Gasteiger partial charge in [0.25, 0.3) is 0 Å². The highest BCUT2D eigenvalue weighted by atomic mass is 32.1. The van der Waals surface area contributed by atoms with Gasteiger partial charge in [-0.15, -0.1) is 11.3 Å². The SMILES string of the molecule is CCOC(=O)c1nc(N2Cc3ccccc3C2)sc1C. The van der Waals surface area contributed by atoms with E-state index in [1.165, 1.54) is 11.1 Å². The molecule has 2 aromatic rings. The Kier molecular flexibility index (Phi) is 3.44. The van der Waals surface area contributed by atoms with Crippen LogP contribution in [0.2, 0.25) is 0 Å². The molecule has 5 heteroatoms. The fourth-order valence-corrected chi connectivity index (χ4v) is 3.27. The van der Waals surface area contributed by atoms with E-state index in [2.05, 4.69) is 34.1 Å². The topological polar surface area (TPSA) is 42.4 Å². The van der Waals surface area contributed by atoms with Crippen molar-refractivity contribution in [2.75, 3.05) is 11.5 Å². The van der Waals surface area contributed by atoms with Crippen LogP contribution < -0.4 is 4.90 Å². The minimum absolute atomic E-state index is 0.329. The number of esters is 1. The number of ether oxygens (including phenoxy) is 1. The van der Waals surface area contributed by atoms with Gasteiger partial charge in [0.2, 0.25) is 0 Å². The fraction of sp³-hybridized carbons (Fsp3) is 0.333. The van der Waals surface area contributed by atoms with E-state index in [1.54, 1.807) is 18.3 Å². The molecule has 0 atom stereocenters. The highest BCUT2D eigenvalue weighted by Crippen LogP contribution is 2.32. The monoisotopic (exact) mass is 288 g/mol. The molecule has 1 aliphatic rings. The average Bonchev–Trinajstić information content (AvgIpc) is 3.02. The van der Waals surface area contributed by atoms with E-state index < -0.39 is 0 Å². The molecule has 0 saturated heterocycles. The zero-order chi connectivity index (χ0) is 14.1. The van der Waals surface area contributed by atoms with E-state index in [-0.39, 0.29) is 5.97 Å². The second kappa shape index (κ2) is 5.25. The van der Waals surface area contributed by atoms with Gasteiger partial charge in [-0.05, 0) is 25.0 Å². The van der Waals surface area contributed by atoms with Gasteiger partial charge in [0.05, 0.1) is 6.61 Å². The quantitative estimate of drug-likeness (QED) is 0.814. The number of hydrogen-bond donors (Lipinski definition) is 0. The molecule has 2 heterocycles. The number of thiazole rings is 1. The second-order valence-corrected chi connectivity index (χ2v) is 5.93. The van der Waals surface area contributed by atoms with Crippen molar-refractivity contribution < 1.29 is 9.53 Å². The van der Waals surface area contributed by atoms with Gasteiger partial charge in [0, 0.05) is 18.0 Å². The Bertz CT molecular complexity index is 626. The third-order valence-electron chi connectivity index (χ3n) is 3.37. The molecule has 20 heavy (non-hydrogen) atoms. The number of benzene rings is 1. The van der Waals surface area contributed by atoms with Crippen LogP contribution in [0.25, 0.3) is 0 Å². The summed E-state index contributed by atoms with van der Waals surface area (Å²) in [5, 5.41) is 0.891. The summed E-state index contributed by atoms with van der Waals surface area (Å²) in [5.41, 5.74) is 3.11. The van der Waals surface area contributed by atoms with Crippen LogP contribution in [0, 0.1) is 6.92 Å². The zero-order valence-electron chi connectivity index (χ0n) is 11.5. The van der Waals surface area contributed by atoms with Crippen LogP contribution in [0.1, 0.15) is 33.4 Å². The summed E-state index contributed by atoms with van der Waals surface area (Å²) in [6.45, 7) is 5.80. The minimum atomic E-state index is -0.329. The Balaban J connectivity index is 1.83. The molecule has 0 saturated carbocycles. The first-order valence-electron chi connectivity index (χ1n) is 6.65. The number of hydrogen-bond acceptors (Lipinski definition) is 5. The van der Waals surface area contributed by atoms with E-state index in [1.807, 2.05) is 6.92 Å². The number of nitrogens with zero attached hydrogens (tertiary/aromatic N) is 2. The van der Waals surface area contributed by atoms with Crippen molar-refractivity contribution in [3.8, 4) is 0 Å². The van der Waals surface area contributed by atoms with Crippen molar-refractivity contribution in [1.82, 2.24) is 4.98 Å². The Hall–Kier alpha value is -1.88. The van der Waals surface area contributed by atoms with Gasteiger partial charge in [0.15, 0.2) is 10.8 Å². The summed E-state index contributed by atoms with van der Waals surface area (Å²) < 4.78 is 5.03. The standard InChI is InChI=1S/C15H16N2O2S/c1-3-19-14(18)13-10(2)20-15(16-13)17-8-11-6-4-5-7-12(11)9-17/h4-7H,3,8-9H2,1-2H3. The summed E-state index contributed by atoms with van der Waals surface area (Å²) in [5.74, 6) is -0.329. The average molecular weight is 288 g/mol. The van der Waals surface area contributed by atoms with Crippen LogP contribution in [0.3, 0.4) is 0 Å². The van der Waals surface area contributed by atoms with Crippen LogP contribution in [-0.4, -0.2) is 17.6 Å². The number of aromatic nitrogens is 1. The molecule has 0 fully saturated rings. The summed E-state index contributed by atoms with van der Waals surface area (Å²) in [6.07, 6.45) is 0. The van der Waals surface area contributed by atoms with Crippen molar-refractivity contribution >= 4 is 22.4 Å². The lowest BCUT2D eigenvalue weighted by atomic mass is 10.1. The first-order chi connectivity index (χ1) is 9.69.